The first kappa shape index (κ1) is 22.3. The molecule has 2 aromatic rings. The minimum absolute atomic E-state index is 0.0364. The number of nitrogens with zero attached hydrogens (tertiary/aromatic N) is 2. The lowest BCUT2D eigenvalue weighted by molar-refractivity contribution is -0.139. The first-order valence-corrected chi connectivity index (χ1v) is 11.6. The van der Waals surface area contributed by atoms with Crippen LogP contribution in [0.5, 0.6) is 5.75 Å². The summed E-state index contributed by atoms with van der Waals surface area (Å²) in [6.45, 7) is 1.96. The van der Waals surface area contributed by atoms with E-state index in [4.69, 9.17) is 16.3 Å². The summed E-state index contributed by atoms with van der Waals surface area (Å²) < 4.78 is 5.56. The maximum absolute atomic E-state index is 12.9. The van der Waals surface area contributed by atoms with Crippen LogP contribution < -0.4 is 14.5 Å². The van der Waals surface area contributed by atoms with Gasteiger partial charge in [-0.15, -0.1) is 0 Å². The van der Waals surface area contributed by atoms with Crippen LogP contribution in [0.25, 0.3) is 0 Å². The van der Waals surface area contributed by atoms with Gasteiger partial charge in [-0.2, -0.15) is 0 Å². The molecule has 7 nitrogen and oxygen atoms in total. The van der Waals surface area contributed by atoms with Gasteiger partial charge >= 0.3 is 5.97 Å². The lowest BCUT2D eigenvalue weighted by Gasteiger charge is -2.19. The Morgan fingerprint density at radius 1 is 0.971 bits per heavy atom. The molecule has 34 heavy (non-hydrogen) atoms. The molecular formula is C26H23ClN2O5. The molecule has 5 rings (SSSR count). The highest BCUT2D eigenvalue weighted by Gasteiger charge is 2.48. The maximum atomic E-state index is 12.9. The van der Waals surface area contributed by atoms with Crippen molar-refractivity contribution in [1.29, 1.82) is 0 Å². The van der Waals surface area contributed by atoms with Crippen molar-refractivity contribution < 1.29 is 23.9 Å². The van der Waals surface area contributed by atoms with E-state index in [2.05, 4.69) is 0 Å². The van der Waals surface area contributed by atoms with E-state index in [-0.39, 0.29) is 42.5 Å². The SMILES string of the molecule is Cc1cc(OC(=O)[C@H]2CC(=O)N(c3ccccc3Cl)C2)ccc1N1C(=O)[C@H]2CC=CC[C@H]2C1=O. The quantitative estimate of drug-likeness (QED) is 0.286. The molecule has 0 unspecified atom stereocenters. The van der Waals surface area contributed by atoms with Crippen molar-refractivity contribution in [3.05, 3.63) is 65.2 Å². The van der Waals surface area contributed by atoms with Gasteiger partial charge in [-0.05, 0) is 55.7 Å². The highest BCUT2D eigenvalue weighted by atomic mass is 35.5. The Hall–Kier alpha value is -3.45. The van der Waals surface area contributed by atoms with Crippen LogP contribution in [0.2, 0.25) is 5.02 Å². The molecule has 0 N–H and O–H groups in total. The van der Waals surface area contributed by atoms with Gasteiger partial charge in [0.25, 0.3) is 0 Å². The summed E-state index contributed by atoms with van der Waals surface area (Å²) in [6.07, 6.45) is 5.09. The number of allylic oxidation sites excluding steroid dienone is 2. The number of hydrogen-bond donors (Lipinski definition) is 0. The zero-order valence-electron chi connectivity index (χ0n) is 18.6. The van der Waals surface area contributed by atoms with Crippen molar-refractivity contribution in [2.45, 2.75) is 26.2 Å². The molecular weight excluding hydrogens is 456 g/mol. The zero-order chi connectivity index (χ0) is 24.0. The van der Waals surface area contributed by atoms with E-state index in [0.717, 1.165) is 0 Å². The first-order valence-electron chi connectivity index (χ1n) is 11.2. The summed E-state index contributed by atoms with van der Waals surface area (Å²) in [7, 11) is 0. The molecule has 2 aromatic carbocycles. The lowest BCUT2D eigenvalue weighted by Crippen LogP contribution is -2.31. The molecule has 0 radical (unpaired) electrons. The van der Waals surface area contributed by atoms with E-state index < -0.39 is 11.9 Å². The van der Waals surface area contributed by atoms with Crippen molar-refractivity contribution in [3.8, 4) is 5.75 Å². The van der Waals surface area contributed by atoms with Crippen LogP contribution in [0.4, 0.5) is 11.4 Å². The molecule has 0 spiro atoms. The predicted molar refractivity (Wildman–Crippen MR) is 127 cm³/mol. The second-order valence-corrected chi connectivity index (χ2v) is 9.30. The highest BCUT2D eigenvalue weighted by molar-refractivity contribution is 6.34. The van der Waals surface area contributed by atoms with Gasteiger partial charge < -0.3 is 9.64 Å². The summed E-state index contributed by atoms with van der Waals surface area (Å²) in [5.74, 6) is -2.02. The van der Waals surface area contributed by atoms with Crippen LogP contribution >= 0.6 is 11.6 Å². The van der Waals surface area contributed by atoms with E-state index in [9.17, 15) is 19.2 Å². The topological polar surface area (TPSA) is 84.0 Å². The number of rotatable bonds is 4. The van der Waals surface area contributed by atoms with Crippen LogP contribution in [0, 0.1) is 24.7 Å². The molecule has 2 fully saturated rings. The number of para-hydroxylation sites is 1. The summed E-state index contributed by atoms with van der Waals surface area (Å²) in [5.41, 5.74) is 1.73. The fourth-order valence-electron chi connectivity index (χ4n) is 4.95. The summed E-state index contributed by atoms with van der Waals surface area (Å²) in [4.78, 5) is 53.8. The molecule has 8 heteroatoms. The minimum atomic E-state index is -0.624. The smallest absolute Gasteiger partial charge is 0.316 e. The molecule has 2 saturated heterocycles. The molecule has 0 saturated carbocycles. The molecule has 3 atom stereocenters. The van der Waals surface area contributed by atoms with Gasteiger partial charge in [0.1, 0.15) is 5.75 Å². The summed E-state index contributed by atoms with van der Waals surface area (Å²) >= 11 is 6.21. The monoisotopic (exact) mass is 478 g/mol. The predicted octanol–water partition coefficient (Wildman–Crippen LogP) is 4.06. The lowest BCUT2D eigenvalue weighted by atomic mass is 9.85. The molecule has 174 valence electrons. The number of aryl methyl sites for hydroxylation is 1. The summed E-state index contributed by atoms with van der Waals surface area (Å²) in [5, 5.41) is 0.442. The Kier molecular flexibility index (Phi) is 5.73. The average molecular weight is 479 g/mol. The van der Waals surface area contributed by atoms with Gasteiger partial charge in [0, 0.05) is 13.0 Å². The Bertz CT molecular complexity index is 1210. The van der Waals surface area contributed by atoms with Crippen molar-refractivity contribution in [1.82, 2.24) is 0 Å². The number of carbonyl (C=O) groups excluding carboxylic acids is 4. The number of benzene rings is 2. The number of halogens is 1. The highest BCUT2D eigenvalue weighted by Crippen LogP contribution is 2.39. The molecule has 2 heterocycles. The Morgan fingerprint density at radius 3 is 2.29 bits per heavy atom. The molecule has 0 aromatic heterocycles. The molecule has 2 aliphatic heterocycles. The Balaban J connectivity index is 1.29. The third-order valence-corrected chi connectivity index (χ3v) is 7.06. The normalized spacial score (nSPS) is 24.1. The van der Waals surface area contributed by atoms with Crippen LogP contribution in [0.15, 0.2) is 54.6 Å². The minimum Gasteiger partial charge on any atom is -0.426 e. The van der Waals surface area contributed by atoms with Crippen LogP contribution in [0.3, 0.4) is 0 Å². The molecule has 3 amide bonds. The average Bonchev–Trinajstić information content (AvgIpc) is 3.33. The first-order chi connectivity index (χ1) is 16.3. The molecule has 1 aliphatic carbocycles. The third-order valence-electron chi connectivity index (χ3n) is 6.74. The number of ether oxygens (including phenoxy) is 1. The number of fused-ring (bicyclic) bond motifs is 1. The fraction of sp³-hybridized carbons (Fsp3) is 0.308. The standard InChI is InChI=1S/C26H23ClN2O5/c1-15-12-17(10-11-21(15)29-24(31)18-6-2-3-7-19(18)25(29)32)34-26(33)16-13-23(30)28(14-16)22-9-5-4-8-20(22)27/h2-5,8-12,16,18-19H,6-7,13-14H2,1H3/t16-,18-,19+/m0/s1. The Morgan fingerprint density at radius 2 is 1.65 bits per heavy atom. The fourth-order valence-corrected chi connectivity index (χ4v) is 5.19. The van der Waals surface area contributed by atoms with Crippen molar-refractivity contribution >= 4 is 46.7 Å². The van der Waals surface area contributed by atoms with E-state index in [0.29, 0.717) is 40.6 Å². The van der Waals surface area contributed by atoms with E-state index in [1.807, 2.05) is 12.2 Å². The maximum Gasteiger partial charge on any atom is 0.316 e. The number of anilines is 2. The van der Waals surface area contributed by atoms with E-state index in [1.54, 1.807) is 49.4 Å². The van der Waals surface area contributed by atoms with Gasteiger partial charge in [-0.3, -0.25) is 19.2 Å². The third kappa shape index (κ3) is 3.80. The largest absolute Gasteiger partial charge is 0.426 e. The number of amides is 3. The van der Waals surface area contributed by atoms with Gasteiger partial charge in [-0.1, -0.05) is 35.9 Å². The second-order valence-electron chi connectivity index (χ2n) is 8.89. The van der Waals surface area contributed by atoms with Crippen LogP contribution in [-0.4, -0.2) is 30.2 Å². The summed E-state index contributed by atoms with van der Waals surface area (Å²) in [6, 6.07) is 11.8. The van der Waals surface area contributed by atoms with Crippen molar-refractivity contribution in [3.63, 3.8) is 0 Å². The molecule has 0 bridgehead atoms. The number of esters is 1. The van der Waals surface area contributed by atoms with Crippen molar-refractivity contribution in [2.75, 3.05) is 16.3 Å². The van der Waals surface area contributed by atoms with Crippen LogP contribution in [-0.2, 0) is 19.2 Å². The number of carbonyl (C=O) groups is 4. The van der Waals surface area contributed by atoms with Gasteiger partial charge in [0.2, 0.25) is 17.7 Å². The van der Waals surface area contributed by atoms with Gasteiger partial charge in [0.15, 0.2) is 0 Å². The zero-order valence-corrected chi connectivity index (χ0v) is 19.3. The van der Waals surface area contributed by atoms with Crippen LogP contribution in [0.1, 0.15) is 24.8 Å². The van der Waals surface area contributed by atoms with Gasteiger partial charge in [0.05, 0.1) is 34.2 Å². The second kappa shape index (κ2) is 8.72. The number of imide groups is 1. The molecule has 3 aliphatic rings. The number of hydrogen-bond acceptors (Lipinski definition) is 5. The van der Waals surface area contributed by atoms with Gasteiger partial charge in [-0.25, -0.2) is 4.90 Å². The van der Waals surface area contributed by atoms with Crippen molar-refractivity contribution in [2.24, 2.45) is 17.8 Å². The van der Waals surface area contributed by atoms with E-state index in [1.165, 1.54) is 9.80 Å². The van der Waals surface area contributed by atoms with E-state index >= 15 is 0 Å². The Labute approximate surface area is 201 Å².